The molecule has 0 bridgehead atoms. The van der Waals surface area contributed by atoms with Crippen molar-refractivity contribution in [1.29, 1.82) is 0 Å². The highest BCUT2D eigenvalue weighted by molar-refractivity contribution is 7.26. The molecule has 68 heavy (non-hydrogen) atoms. The average Bonchev–Trinajstić information content (AvgIpc) is 3.97. The van der Waals surface area contributed by atoms with Gasteiger partial charge in [0.2, 0.25) is 0 Å². The van der Waals surface area contributed by atoms with Crippen molar-refractivity contribution < 1.29 is 0 Å². The van der Waals surface area contributed by atoms with Gasteiger partial charge in [-0.25, -0.2) is 15.0 Å². The van der Waals surface area contributed by atoms with Gasteiger partial charge >= 0.3 is 0 Å². The molecule has 3 heterocycles. The lowest BCUT2D eigenvalue weighted by atomic mass is 9.92. The summed E-state index contributed by atoms with van der Waals surface area (Å²) in [7, 11) is 0. The zero-order chi connectivity index (χ0) is 45.0. The minimum absolute atomic E-state index is 0.592. The van der Waals surface area contributed by atoms with Gasteiger partial charge in [0.05, 0.1) is 16.7 Å². The summed E-state index contributed by atoms with van der Waals surface area (Å²) in [5.41, 5.74) is 14.9. The Morgan fingerprint density at radius 3 is 1.26 bits per heavy atom. The van der Waals surface area contributed by atoms with Gasteiger partial charge in [-0.2, -0.15) is 0 Å². The van der Waals surface area contributed by atoms with E-state index < -0.39 is 0 Å². The number of aromatic nitrogens is 4. The zero-order valence-electron chi connectivity index (χ0n) is 36.8. The van der Waals surface area contributed by atoms with Gasteiger partial charge in [0.1, 0.15) is 0 Å². The van der Waals surface area contributed by atoms with E-state index in [1.807, 2.05) is 29.5 Å². The molecule has 0 saturated carbocycles. The van der Waals surface area contributed by atoms with Crippen LogP contribution in [0.5, 0.6) is 0 Å². The first-order valence-electron chi connectivity index (χ1n) is 22.9. The maximum Gasteiger partial charge on any atom is 0.164 e. The number of nitrogens with zero attached hydrogens (tertiary/aromatic N) is 4. The molecule has 4 nitrogen and oxygen atoms in total. The monoisotopic (exact) mass is 884 g/mol. The molecule has 0 aliphatic rings. The molecule has 318 valence electrons. The van der Waals surface area contributed by atoms with Crippen molar-refractivity contribution in [3.05, 3.63) is 243 Å². The van der Waals surface area contributed by atoms with Crippen LogP contribution in [-0.2, 0) is 0 Å². The molecule has 0 aliphatic carbocycles. The fraction of sp³-hybridized carbons (Fsp3) is 0. The summed E-state index contributed by atoms with van der Waals surface area (Å²) in [5, 5.41) is 5.07. The van der Waals surface area contributed by atoms with Crippen LogP contribution in [-0.4, -0.2) is 19.5 Å². The van der Waals surface area contributed by atoms with Crippen LogP contribution in [0.3, 0.4) is 0 Å². The Kier molecular flexibility index (Phi) is 9.66. The highest BCUT2D eigenvalue weighted by Crippen LogP contribution is 2.47. The molecular formula is C63H40N4S. The lowest BCUT2D eigenvalue weighted by Crippen LogP contribution is -2.04. The van der Waals surface area contributed by atoms with E-state index in [2.05, 4.69) is 229 Å². The van der Waals surface area contributed by atoms with Gasteiger partial charge < -0.3 is 4.57 Å². The van der Waals surface area contributed by atoms with Crippen LogP contribution in [0.2, 0.25) is 0 Å². The predicted molar refractivity (Wildman–Crippen MR) is 285 cm³/mol. The SMILES string of the molecule is c1ccc(-c2cc(-c3ccccc3)cc(-c3nc(-c4ccccc4)nc(-c4cc(-c5ccccc5)c(-n5c6ccccc6c6c7c(ccc65)sc5ccccc57)c(-c5ccccc5)c4)n3)c2)cc1. The van der Waals surface area contributed by atoms with Gasteiger partial charge in [-0.3, -0.25) is 0 Å². The average molecular weight is 885 g/mol. The van der Waals surface area contributed by atoms with Crippen molar-refractivity contribution in [3.8, 4) is 84.4 Å². The molecular weight excluding hydrogens is 845 g/mol. The molecule has 5 heteroatoms. The van der Waals surface area contributed by atoms with Gasteiger partial charge in [-0.15, -0.1) is 11.3 Å². The van der Waals surface area contributed by atoms with Crippen LogP contribution in [0.1, 0.15) is 0 Å². The zero-order valence-corrected chi connectivity index (χ0v) is 37.6. The second-order valence-electron chi connectivity index (χ2n) is 17.1. The van der Waals surface area contributed by atoms with Gasteiger partial charge in [0.25, 0.3) is 0 Å². The predicted octanol–water partition coefficient (Wildman–Crippen LogP) is 17.0. The Balaban J connectivity index is 1.11. The Labute approximate surface area is 397 Å². The van der Waals surface area contributed by atoms with Crippen molar-refractivity contribution in [2.75, 3.05) is 0 Å². The maximum atomic E-state index is 5.46. The third-order valence-corrected chi connectivity index (χ3v) is 14.1. The lowest BCUT2D eigenvalue weighted by molar-refractivity contribution is 1.07. The van der Waals surface area contributed by atoms with Crippen molar-refractivity contribution >= 4 is 53.3 Å². The fourth-order valence-electron chi connectivity index (χ4n) is 9.90. The van der Waals surface area contributed by atoms with Crippen LogP contribution in [0.4, 0.5) is 0 Å². The van der Waals surface area contributed by atoms with Crippen LogP contribution in [0.15, 0.2) is 243 Å². The first kappa shape index (κ1) is 39.6. The number of rotatable bonds is 8. The Morgan fingerprint density at radius 2 is 0.706 bits per heavy atom. The van der Waals surface area contributed by atoms with Crippen molar-refractivity contribution in [2.24, 2.45) is 0 Å². The van der Waals surface area contributed by atoms with E-state index >= 15 is 0 Å². The van der Waals surface area contributed by atoms with Crippen molar-refractivity contribution in [1.82, 2.24) is 19.5 Å². The van der Waals surface area contributed by atoms with Crippen LogP contribution >= 0.6 is 11.3 Å². The standard InChI is InChI=1S/C63H40N4S/c1-6-20-41(21-7-1)46-36-47(42-22-8-2-9-23-42)38-48(37-46)62-64-61(45-28-14-5-15-29-45)65-63(66-62)49-39-52(43-24-10-3-11-25-43)60(53(40-49)44-26-12-4-13-27-44)67-54-32-18-16-30-50(54)58-55(67)34-35-57-59(58)51-31-17-19-33-56(51)68-57/h1-40H. The molecule has 3 aromatic heterocycles. The van der Waals surface area contributed by atoms with Crippen LogP contribution in [0.25, 0.3) is 126 Å². The number of fused-ring (bicyclic) bond motifs is 7. The molecule has 0 aliphatic heterocycles. The van der Waals surface area contributed by atoms with Crippen LogP contribution in [0, 0.1) is 0 Å². The van der Waals surface area contributed by atoms with E-state index in [1.54, 1.807) is 0 Å². The van der Waals surface area contributed by atoms with E-state index in [-0.39, 0.29) is 0 Å². The molecule has 0 N–H and O–H groups in total. The molecule has 0 saturated heterocycles. The molecule has 13 aromatic rings. The minimum atomic E-state index is 0.592. The largest absolute Gasteiger partial charge is 0.308 e. The van der Waals surface area contributed by atoms with Crippen molar-refractivity contribution in [3.63, 3.8) is 0 Å². The van der Waals surface area contributed by atoms with Gasteiger partial charge in [-0.1, -0.05) is 188 Å². The summed E-state index contributed by atoms with van der Waals surface area (Å²) < 4.78 is 5.08. The Morgan fingerprint density at radius 1 is 0.279 bits per heavy atom. The maximum absolute atomic E-state index is 5.46. The quantitative estimate of drug-likeness (QED) is 0.153. The number of para-hydroxylation sites is 1. The Bertz CT molecular complexity index is 3880. The van der Waals surface area contributed by atoms with E-state index in [1.165, 1.54) is 30.9 Å². The van der Waals surface area contributed by atoms with Gasteiger partial charge in [0, 0.05) is 58.8 Å². The number of hydrogen-bond acceptors (Lipinski definition) is 4. The summed E-state index contributed by atoms with van der Waals surface area (Å²) in [5.74, 6) is 1.80. The first-order chi connectivity index (χ1) is 33.7. The third kappa shape index (κ3) is 6.88. The minimum Gasteiger partial charge on any atom is -0.308 e. The highest BCUT2D eigenvalue weighted by Gasteiger charge is 2.25. The number of benzene rings is 10. The van der Waals surface area contributed by atoms with E-state index in [9.17, 15) is 0 Å². The molecule has 0 atom stereocenters. The molecule has 0 unspecified atom stereocenters. The summed E-state index contributed by atoms with van der Waals surface area (Å²) in [6.07, 6.45) is 0. The Hall–Kier alpha value is -8.77. The molecule has 0 radical (unpaired) electrons. The lowest BCUT2D eigenvalue weighted by Gasteiger charge is -2.21. The topological polar surface area (TPSA) is 43.6 Å². The smallest absolute Gasteiger partial charge is 0.164 e. The molecule has 0 amide bonds. The van der Waals surface area contributed by atoms with Crippen LogP contribution < -0.4 is 0 Å². The van der Waals surface area contributed by atoms with E-state index in [4.69, 9.17) is 15.0 Å². The highest BCUT2D eigenvalue weighted by atomic mass is 32.1. The summed E-state index contributed by atoms with van der Waals surface area (Å²) in [6, 6.07) is 86.4. The van der Waals surface area contributed by atoms with Gasteiger partial charge in [0.15, 0.2) is 17.5 Å². The third-order valence-electron chi connectivity index (χ3n) is 13.0. The van der Waals surface area contributed by atoms with E-state index in [0.29, 0.717) is 17.5 Å². The second-order valence-corrected chi connectivity index (χ2v) is 18.2. The first-order valence-corrected chi connectivity index (χ1v) is 23.7. The molecule has 10 aromatic carbocycles. The van der Waals surface area contributed by atoms with Gasteiger partial charge in [-0.05, 0) is 88.0 Å². The number of thiophene rings is 1. The molecule has 0 spiro atoms. The van der Waals surface area contributed by atoms with E-state index in [0.717, 1.165) is 77.9 Å². The normalized spacial score (nSPS) is 11.5. The second kappa shape index (κ2) is 16.6. The summed E-state index contributed by atoms with van der Waals surface area (Å²) in [6.45, 7) is 0. The molecule has 13 rings (SSSR count). The molecule has 0 fully saturated rings. The van der Waals surface area contributed by atoms with Crippen molar-refractivity contribution in [2.45, 2.75) is 0 Å². The number of hydrogen-bond donors (Lipinski definition) is 0. The summed E-state index contributed by atoms with van der Waals surface area (Å²) >= 11 is 1.86. The fourth-order valence-corrected chi connectivity index (χ4v) is 11.0. The summed E-state index contributed by atoms with van der Waals surface area (Å²) in [4.78, 5) is 16.1.